The Morgan fingerprint density at radius 3 is 2.87 bits per heavy atom. The fourth-order valence-electron chi connectivity index (χ4n) is 2.58. The summed E-state index contributed by atoms with van der Waals surface area (Å²) in [5.41, 5.74) is 5.13. The first-order valence-electron chi connectivity index (χ1n) is 7.15. The van der Waals surface area contributed by atoms with E-state index >= 15 is 0 Å². The van der Waals surface area contributed by atoms with Crippen LogP contribution in [0, 0.1) is 6.92 Å². The fourth-order valence-corrected chi connectivity index (χ4v) is 2.79. The Kier molecular flexibility index (Phi) is 3.32. The fraction of sp³-hybridized carbons (Fsp3) is 0.0556. The van der Waals surface area contributed by atoms with E-state index in [-0.39, 0.29) is 0 Å². The molecule has 0 amide bonds. The Morgan fingerprint density at radius 1 is 1.09 bits per heavy atom. The topological polar surface area (TPSA) is 51.8 Å². The zero-order valence-electron chi connectivity index (χ0n) is 12.3. The van der Waals surface area contributed by atoms with Crippen molar-refractivity contribution >= 4 is 22.5 Å². The smallest absolute Gasteiger partial charge is 0.140 e. The van der Waals surface area contributed by atoms with E-state index in [4.69, 9.17) is 16.1 Å². The first-order chi connectivity index (χ1) is 11.2. The molecule has 0 aliphatic heterocycles. The van der Waals surface area contributed by atoms with Crippen molar-refractivity contribution in [2.24, 2.45) is 0 Å². The SMILES string of the molecule is Cc1cccc(-c2nocc2-c2ccc3nccc(Cl)c3c2)n1. The van der Waals surface area contributed by atoms with Crippen molar-refractivity contribution < 1.29 is 4.52 Å². The van der Waals surface area contributed by atoms with Crippen LogP contribution in [0.2, 0.25) is 5.02 Å². The van der Waals surface area contributed by atoms with Gasteiger partial charge < -0.3 is 4.52 Å². The van der Waals surface area contributed by atoms with E-state index in [0.29, 0.717) is 10.7 Å². The second-order valence-electron chi connectivity index (χ2n) is 5.27. The number of aromatic nitrogens is 3. The van der Waals surface area contributed by atoms with Gasteiger partial charge in [0.1, 0.15) is 12.0 Å². The summed E-state index contributed by atoms with van der Waals surface area (Å²) < 4.78 is 5.20. The van der Waals surface area contributed by atoms with Gasteiger partial charge in [0.15, 0.2) is 0 Å². The van der Waals surface area contributed by atoms with E-state index < -0.39 is 0 Å². The largest absolute Gasteiger partial charge is 0.363 e. The number of hydrogen-bond donors (Lipinski definition) is 0. The average Bonchev–Trinajstić information content (AvgIpc) is 3.05. The van der Waals surface area contributed by atoms with E-state index in [1.165, 1.54) is 0 Å². The summed E-state index contributed by atoms with van der Waals surface area (Å²) in [7, 11) is 0. The minimum absolute atomic E-state index is 0.670. The maximum atomic E-state index is 6.28. The molecule has 5 heteroatoms. The third kappa shape index (κ3) is 2.47. The Balaban J connectivity index is 1.89. The lowest BCUT2D eigenvalue weighted by Gasteiger charge is -2.05. The minimum Gasteiger partial charge on any atom is -0.363 e. The molecule has 0 saturated carbocycles. The number of nitrogens with zero attached hydrogens (tertiary/aromatic N) is 3. The summed E-state index contributed by atoms with van der Waals surface area (Å²) >= 11 is 6.28. The Bertz CT molecular complexity index is 1010. The van der Waals surface area contributed by atoms with Gasteiger partial charge in [-0.2, -0.15) is 0 Å². The van der Waals surface area contributed by atoms with Crippen molar-refractivity contribution in [3.05, 3.63) is 65.6 Å². The third-order valence-electron chi connectivity index (χ3n) is 3.70. The second-order valence-corrected chi connectivity index (χ2v) is 5.67. The van der Waals surface area contributed by atoms with Crippen LogP contribution in [0.3, 0.4) is 0 Å². The van der Waals surface area contributed by atoms with Gasteiger partial charge in [-0.05, 0) is 42.8 Å². The molecule has 0 radical (unpaired) electrons. The molecule has 0 aliphatic rings. The molecule has 3 heterocycles. The van der Waals surface area contributed by atoms with Crippen LogP contribution >= 0.6 is 11.6 Å². The van der Waals surface area contributed by atoms with Crippen LogP contribution in [0.25, 0.3) is 33.4 Å². The molecule has 0 fully saturated rings. The molecule has 0 bridgehead atoms. The van der Waals surface area contributed by atoms with Crippen LogP contribution in [-0.4, -0.2) is 15.1 Å². The predicted octanol–water partition coefficient (Wildman–Crippen LogP) is 4.91. The highest BCUT2D eigenvalue weighted by Crippen LogP contribution is 2.33. The first-order valence-corrected chi connectivity index (χ1v) is 7.53. The maximum Gasteiger partial charge on any atom is 0.140 e. The standard InChI is InChI=1S/C18H12ClN3O/c1-11-3-2-4-17(21-11)18-14(10-23-22-18)12-5-6-16-13(9-12)15(19)7-8-20-16/h2-10H,1H3. The molecule has 0 spiro atoms. The van der Waals surface area contributed by atoms with E-state index in [1.807, 2.05) is 43.3 Å². The summed E-state index contributed by atoms with van der Waals surface area (Å²) in [6, 6.07) is 13.5. The summed E-state index contributed by atoms with van der Waals surface area (Å²) in [5.74, 6) is 0. The molecule has 0 aliphatic carbocycles. The van der Waals surface area contributed by atoms with Crippen molar-refractivity contribution in [3.63, 3.8) is 0 Å². The van der Waals surface area contributed by atoms with Gasteiger partial charge in [-0.25, -0.2) is 0 Å². The lowest BCUT2D eigenvalue weighted by Crippen LogP contribution is -1.89. The van der Waals surface area contributed by atoms with Crippen molar-refractivity contribution in [1.82, 2.24) is 15.1 Å². The molecule has 0 atom stereocenters. The Labute approximate surface area is 137 Å². The first kappa shape index (κ1) is 13.9. The van der Waals surface area contributed by atoms with Crippen LogP contribution in [0.4, 0.5) is 0 Å². The van der Waals surface area contributed by atoms with E-state index in [9.17, 15) is 0 Å². The van der Waals surface area contributed by atoms with Crippen LogP contribution in [0.5, 0.6) is 0 Å². The van der Waals surface area contributed by atoms with Crippen molar-refractivity contribution in [2.75, 3.05) is 0 Å². The van der Waals surface area contributed by atoms with Crippen LogP contribution in [0.1, 0.15) is 5.69 Å². The average molecular weight is 322 g/mol. The summed E-state index contributed by atoms with van der Waals surface area (Å²) in [5, 5.41) is 5.69. The number of pyridine rings is 2. The lowest BCUT2D eigenvalue weighted by molar-refractivity contribution is 0.422. The highest BCUT2D eigenvalue weighted by Gasteiger charge is 2.14. The molecule has 0 N–H and O–H groups in total. The van der Waals surface area contributed by atoms with Gasteiger partial charge in [0.2, 0.25) is 0 Å². The van der Waals surface area contributed by atoms with Crippen LogP contribution in [0.15, 0.2) is 59.4 Å². The number of hydrogen-bond acceptors (Lipinski definition) is 4. The number of fused-ring (bicyclic) bond motifs is 1. The van der Waals surface area contributed by atoms with Crippen molar-refractivity contribution in [1.29, 1.82) is 0 Å². The number of benzene rings is 1. The molecule has 4 aromatic rings. The monoisotopic (exact) mass is 321 g/mol. The van der Waals surface area contributed by atoms with Gasteiger partial charge in [0, 0.05) is 17.3 Å². The van der Waals surface area contributed by atoms with Gasteiger partial charge in [-0.3, -0.25) is 9.97 Å². The molecule has 4 nitrogen and oxygen atoms in total. The lowest BCUT2D eigenvalue weighted by atomic mass is 10.0. The normalized spacial score (nSPS) is 11.0. The van der Waals surface area contributed by atoms with E-state index in [2.05, 4.69) is 15.1 Å². The Hall–Kier alpha value is -2.72. The van der Waals surface area contributed by atoms with Gasteiger partial charge >= 0.3 is 0 Å². The quantitative estimate of drug-likeness (QED) is 0.526. The van der Waals surface area contributed by atoms with Crippen molar-refractivity contribution in [2.45, 2.75) is 6.92 Å². The zero-order chi connectivity index (χ0) is 15.8. The molecule has 0 saturated heterocycles. The zero-order valence-corrected chi connectivity index (χ0v) is 13.1. The van der Waals surface area contributed by atoms with Gasteiger partial charge in [0.25, 0.3) is 0 Å². The highest BCUT2D eigenvalue weighted by molar-refractivity contribution is 6.35. The van der Waals surface area contributed by atoms with Crippen LogP contribution in [-0.2, 0) is 0 Å². The summed E-state index contributed by atoms with van der Waals surface area (Å²) in [6.45, 7) is 1.95. The molecule has 3 aromatic heterocycles. The van der Waals surface area contributed by atoms with Crippen molar-refractivity contribution in [3.8, 4) is 22.5 Å². The number of aryl methyl sites for hydroxylation is 1. The van der Waals surface area contributed by atoms with Gasteiger partial charge in [-0.15, -0.1) is 0 Å². The maximum absolute atomic E-state index is 6.28. The second kappa shape index (κ2) is 5.48. The highest BCUT2D eigenvalue weighted by atomic mass is 35.5. The van der Waals surface area contributed by atoms with E-state index in [0.717, 1.165) is 33.4 Å². The van der Waals surface area contributed by atoms with E-state index in [1.54, 1.807) is 18.5 Å². The third-order valence-corrected chi connectivity index (χ3v) is 4.03. The minimum atomic E-state index is 0.670. The van der Waals surface area contributed by atoms with Crippen LogP contribution < -0.4 is 0 Å². The van der Waals surface area contributed by atoms with Gasteiger partial charge in [-0.1, -0.05) is 28.9 Å². The molecule has 4 rings (SSSR count). The Morgan fingerprint density at radius 2 is 2.00 bits per heavy atom. The summed E-state index contributed by atoms with van der Waals surface area (Å²) in [4.78, 5) is 8.84. The predicted molar refractivity (Wildman–Crippen MR) is 90.2 cm³/mol. The molecule has 0 unspecified atom stereocenters. The molecule has 112 valence electrons. The molecule has 23 heavy (non-hydrogen) atoms. The summed E-state index contributed by atoms with van der Waals surface area (Å²) in [6.07, 6.45) is 3.33. The number of halogens is 1. The molecular weight excluding hydrogens is 310 g/mol. The molecular formula is C18H12ClN3O. The molecule has 1 aromatic carbocycles. The van der Waals surface area contributed by atoms with Gasteiger partial charge in [0.05, 0.1) is 21.8 Å². The number of rotatable bonds is 2.